The van der Waals surface area contributed by atoms with Crippen molar-refractivity contribution in [2.24, 2.45) is 5.73 Å². The van der Waals surface area contributed by atoms with Crippen LogP contribution in [-0.2, 0) is 11.3 Å². The summed E-state index contributed by atoms with van der Waals surface area (Å²) in [5.74, 6) is -0.509. The van der Waals surface area contributed by atoms with Crippen molar-refractivity contribution in [2.75, 3.05) is 6.61 Å². The second-order valence-electron chi connectivity index (χ2n) is 5.36. The van der Waals surface area contributed by atoms with Gasteiger partial charge in [-0.05, 0) is 37.1 Å². The third-order valence-electron chi connectivity index (χ3n) is 3.44. The molecule has 0 radical (unpaired) electrons. The van der Waals surface area contributed by atoms with Crippen molar-refractivity contribution < 1.29 is 14.3 Å². The van der Waals surface area contributed by atoms with Crippen LogP contribution in [0.1, 0.15) is 27.0 Å². The van der Waals surface area contributed by atoms with Gasteiger partial charge < -0.3 is 15.8 Å². The first kappa shape index (κ1) is 16.5. The maximum absolute atomic E-state index is 12.4. The lowest BCUT2D eigenvalue weighted by Crippen LogP contribution is -2.25. The van der Waals surface area contributed by atoms with Gasteiger partial charge in [0.05, 0.1) is 5.56 Å². The van der Waals surface area contributed by atoms with Crippen LogP contribution in [0.3, 0.4) is 0 Å². The van der Waals surface area contributed by atoms with Gasteiger partial charge in [0.25, 0.3) is 11.8 Å². The monoisotopic (exact) mass is 312 g/mol. The number of carbonyl (C=O) groups excluding carboxylic acids is 2. The molecule has 0 aliphatic carbocycles. The lowest BCUT2D eigenvalue weighted by Gasteiger charge is -2.12. The number of aryl methyl sites for hydroxylation is 2. The van der Waals surface area contributed by atoms with Gasteiger partial charge in [-0.15, -0.1) is 0 Å². The van der Waals surface area contributed by atoms with Crippen LogP contribution in [0.15, 0.2) is 42.5 Å². The average molecular weight is 312 g/mol. The lowest BCUT2D eigenvalue weighted by molar-refractivity contribution is -0.119. The average Bonchev–Trinajstić information content (AvgIpc) is 2.52. The molecule has 2 rings (SSSR count). The summed E-state index contributed by atoms with van der Waals surface area (Å²) in [6.45, 7) is 4.20. The normalized spacial score (nSPS) is 10.2. The van der Waals surface area contributed by atoms with E-state index in [1.54, 1.807) is 24.3 Å². The van der Waals surface area contributed by atoms with Crippen LogP contribution in [0.2, 0.25) is 0 Å². The van der Waals surface area contributed by atoms with E-state index in [9.17, 15) is 9.59 Å². The molecular weight excluding hydrogens is 292 g/mol. The molecule has 0 atom stereocenters. The number of nitrogens with one attached hydrogen (secondary N) is 1. The fraction of sp³-hybridized carbons (Fsp3) is 0.222. The van der Waals surface area contributed by atoms with Gasteiger partial charge >= 0.3 is 0 Å². The zero-order chi connectivity index (χ0) is 16.8. The second kappa shape index (κ2) is 7.45. The lowest BCUT2D eigenvalue weighted by atomic mass is 10.1. The summed E-state index contributed by atoms with van der Waals surface area (Å²) in [6, 6.07) is 12.8. The van der Waals surface area contributed by atoms with Gasteiger partial charge in [-0.25, -0.2) is 0 Å². The number of carbonyl (C=O) groups is 2. The van der Waals surface area contributed by atoms with Crippen molar-refractivity contribution in [1.82, 2.24) is 5.32 Å². The largest absolute Gasteiger partial charge is 0.483 e. The number of para-hydroxylation sites is 1. The van der Waals surface area contributed by atoms with Gasteiger partial charge in [0.2, 0.25) is 0 Å². The molecule has 120 valence electrons. The van der Waals surface area contributed by atoms with Crippen molar-refractivity contribution >= 4 is 11.8 Å². The summed E-state index contributed by atoms with van der Waals surface area (Å²) in [6.07, 6.45) is 0. The molecule has 0 aromatic heterocycles. The molecule has 0 aliphatic rings. The maximum Gasteiger partial charge on any atom is 0.255 e. The van der Waals surface area contributed by atoms with Crippen LogP contribution < -0.4 is 15.8 Å². The van der Waals surface area contributed by atoms with Crippen LogP contribution >= 0.6 is 0 Å². The summed E-state index contributed by atoms with van der Waals surface area (Å²) in [7, 11) is 0. The van der Waals surface area contributed by atoms with Crippen LogP contribution in [0, 0.1) is 13.8 Å². The Morgan fingerprint density at radius 3 is 2.57 bits per heavy atom. The maximum atomic E-state index is 12.4. The molecule has 0 saturated carbocycles. The number of rotatable bonds is 6. The summed E-state index contributed by atoms with van der Waals surface area (Å²) in [5.41, 5.74) is 8.81. The molecule has 0 fully saturated rings. The fourth-order valence-corrected chi connectivity index (χ4v) is 2.24. The number of ether oxygens (including phenoxy) is 1. The van der Waals surface area contributed by atoms with E-state index in [4.69, 9.17) is 10.5 Å². The van der Waals surface area contributed by atoms with E-state index in [1.165, 1.54) is 5.56 Å². The quantitative estimate of drug-likeness (QED) is 0.857. The molecular formula is C18H20N2O3. The highest BCUT2D eigenvalue weighted by molar-refractivity contribution is 5.97. The van der Waals surface area contributed by atoms with Gasteiger partial charge in [0, 0.05) is 6.54 Å². The molecule has 2 amide bonds. The molecule has 0 aliphatic heterocycles. The first-order valence-corrected chi connectivity index (χ1v) is 7.32. The van der Waals surface area contributed by atoms with E-state index in [0.29, 0.717) is 17.9 Å². The Morgan fingerprint density at radius 1 is 1.13 bits per heavy atom. The third-order valence-corrected chi connectivity index (χ3v) is 3.44. The minimum absolute atomic E-state index is 0.259. The van der Waals surface area contributed by atoms with Crippen LogP contribution in [-0.4, -0.2) is 18.4 Å². The first-order valence-electron chi connectivity index (χ1n) is 7.32. The topological polar surface area (TPSA) is 81.4 Å². The summed E-state index contributed by atoms with van der Waals surface area (Å²) < 4.78 is 5.28. The van der Waals surface area contributed by atoms with Crippen molar-refractivity contribution in [2.45, 2.75) is 20.4 Å². The molecule has 0 bridgehead atoms. The van der Waals surface area contributed by atoms with Gasteiger partial charge in [0.15, 0.2) is 6.61 Å². The molecule has 2 aromatic rings. The van der Waals surface area contributed by atoms with Crippen LogP contribution in [0.5, 0.6) is 5.75 Å². The molecule has 23 heavy (non-hydrogen) atoms. The fourth-order valence-electron chi connectivity index (χ4n) is 2.24. The Hall–Kier alpha value is -2.82. The van der Waals surface area contributed by atoms with Crippen molar-refractivity contribution in [3.8, 4) is 5.75 Å². The second-order valence-corrected chi connectivity index (χ2v) is 5.36. The number of hydrogen-bond acceptors (Lipinski definition) is 3. The number of benzene rings is 2. The van der Waals surface area contributed by atoms with Crippen molar-refractivity contribution in [1.29, 1.82) is 0 Å². The minimum atomic E-state index is -0.588. The Kier molecular flexibility index (Phi) is 5.36. The molecule has 3 N–H and O–H groups in total. The highest BCUT2D eigenvalue weighted by Crippen LogP contribution is 2.18. The zero-order valence-corrected chi connectivity index (χ0v) is 13.3. The molecule has 0 spiro atoms. The molecule has 0 saturated heterocycles. The van der Waals surface area contributed by atoms with E-state index in [2.05, 4.69) is 11.4 Å². The highest BCUT2D eigenvalue weighted by Gasteiger charge is 2.12. The van der Waals surface area contributed by atoms with E-state index < -0.39 is 5.91 Å². The van der Waals surface area contributed by atoms with E-state index in [-0.39, 0.29) is 12.5 Å². The molecule has 5 nitrogen and oxygen atoms in total. The standard InChI is InChI=1S/C18H20N2O3/c1-12-7-8-14(13(2)9-12)10-20-18(22)15-5-3-4-6-16(15)23-11-17(19)21/h3-9H,10-11H2,1-2H3,(H2,19,21)(H,20,22). The van der Waals surface area contributed by atoms with E-state index in [0.717, 1.165) is 11.1 Å². The minimum Gasteiger partial charge on any atom is -0.483 e. The van der Waals surface area contributed by atoms with Crippen molar-refractivity contribution in [3.05, 3.63) is 64.7 Å². The van der Waals surface area contributed by atoms with Crippen molar-refractivity contribution in [3.63, 3.8) is 0 Å². The van der Waals surface area contributed by atoms with Gasteiger partial charge in [-0.2, -0.15) is 0 Å². The number of primary amides is 1. The number of amides is 2. The molecule has 2 aromatic carbocycles. The first-order chi connectivity index (χ1) is 11.0. The molecule has 0 unspecified atom stereocenters. The number of nitrogens with two attached hydrogens (primary N) is 1. The summed E-state index contributed by atoms with van der Waals surface area (Å²) >= 11 is 0. The Morgan fingerprint density at radius 2 is 1.87 bits per heavy atom. The Labute approximate surface area is 135 Å². The van der Waals surface area contributed by atoms with Gasteiger partial charge in [0.1, 0.15) is 5.75 Å². The van der Waals surface area contributed by atoms with Crippen LogP contribution in [0.4, 0.5) is 0 Å². The Balaban J connectivity index is 2.07. The predicted molar refractivity (Wildman–Crippen MR) is 88.2 cm³/mol. The van der Waals surface area contributed by atoms with Crippen LogP contribution in [0.25, 0.3) is 0 Å². The summed E-state index contributed by atoms with van der Waals surface area (Å²) in [5, 5.41) is 2.87. The Bertz CT molecular complexity index is 726. The smallest absolute Gasteiger partial charge is 0.255 e. The predicted octanol–water partition coefficient (Wildman–Crippen LogP) is 2.10. The molecule has 5 heteroatoms. The van der Waals surface area contributed by atoms with Gasteiger partial charge in [-0.3, -0.25) is 9.59 Å². The third kappa shape index (κ3) is 4.57. The van der Waals surface area contributed by atoms with E-state index >= 15 is 0 Å². The summed E-state index contributed by atoms with van der Waals surface area (Å²) in [4.78, 5) is 23.2. The molecule has 0 heterocycles. The zero-order valence-electron chi connectivity index (χ0n) is 13.3. The number of hydrogen-bond donors (Lipinski definition) is 2. The van der Waals surface area contributed by atoms with Gasteiger partial charge in [-0.1, -0.05) is 35.9 Å². The highest BCUT2D eigenvalue weighted by atomic mass is 16.5. The SMILES string of the molecule is Cc1ccc(CNC(=O)c2ccccc2OCC(N)=O)c(C)c1. The van der Waals surface area contributed by atoms with E-state index in [1.807, 2.05) is 26.0 Å².